The minimum atomic E-state index is -0.407. The molecule has 0 amide bonds. The fourth-order valence-electron chi connectivity index (χ4n) is 1.63. The van der Waals surface area contributed by atoms with Crippen molar-refractivity contribution < 1.29 is 14.3 Å². The van der Waals surface area contributed by atoms with E-state index in [9.17, 15) is 9.59 Å². The highest BCUT2D eigenvalue weighted by Crippen LogP contribution is 2.23. The highest BCUT2D eigenvalue weighted by molar-refractivity contribution is 8.14. The number of benzene rings is 2. The van der Waals surface area contributed by atoms with Crippen LogP contribution in [0.4, 0.5) is 0 Å². The second kappa shape index (κ2) is 6.39. The van der Waals surface area contributed by atoms with Crippen molar-refractivity contribution in [1.82, 2.24) is 0 Å². The predicted molar refractivity (Wildman–Crippen MR) is 79.1 cm³/mol. The van der Waals surface area contributed by atoms with Gasteiger partial charge in [0.1, 0.15) is 0 Å². The number of methoxy groups -OCH3 is 1. The van der Waals surface area contributed by atoms with Gasteiger partial charge in [0, 0.05) is 10.5 Å². The van der Waals surface area contributed by atoms with Crippen molar-refractivity contribution in [1.29, 1.82) is 0 Å². The number of hydrogen-bond donors (Lipinski definition) is 0. The largest absolute Gasteiger partial charge is 0.465 e. The first-order chi connectivity index (χ1) is 9.60. The molecule has 0 aliphatic carbocycles. The van der Waals surface area contributed by atoms with Crippen LogP contribution < -0.4 is 0 Å². The van der Waals surface area contributed by atoms with Gasteiger partial charge in [0.15, 0.2) is 0 Å². The number of thioether (sulfide) groups is 1. The summed E-state index contributed by atoms with van der Waals surface area (Å²) in [7, 11) is 1.33. The number of rotatable bonds is 3. The van der Waals surface area contributed by atoms with Gasteiger partial charge in [0.05, 0.1) is 12.7 Å². The zero-order chi connectivity index (χ0) is 14.5. The Bertz CT molecular complexity index is 615. The van der Waals surface area contributed by atoms with E-state index in [0.717, 1.165) is 10.5 Å². The zero-order valence-corrected chi connectivity index (χ0v) is 12.1. The summed E-state index contributed by atoms with van der Waals surface area (Å²) in [6, 6.07) is 14.2. The monoisotopic (exact) mass is 286 g/mol. The van der Waals surface area contributed by atoms with E-state index in [0.29, 0.717) is 11.1 Å². The number of aryl methyl sites for hydroxylation is 1. The van der Waals surface area contributed by atoms with Crippen LogP contribution in [-0.2, 0) is 4.74 Å². The molecule has 2 aromatic rings. The third kappa shape index (κ3) is 3.48. The Kier molecular flexibility index (Phi) is 4.58. The van der Waals surface area contributed by atoms with E-state index in [2.05, 4.69) is 4.74 Å². The van der Waals surface area contributed by atoms with Crippen LogP contribution in [0.15, 0.2) is 53.4 Å². The Labute approximate surface area is 122 Å². The lowest BCUT2D eigenvalue weighted by Gasteiger charge is -2.03. The molecule has 0 aromatic heterocycles. The van der Waals surface area contributed by atoms with Crippen molar-refractivity contribution >= 4 is 22.8 Å². The standard InChI is InChI=1S/C16H14O3S/c1-11-3-9-14(10-4-11)20-16(18)13-7-5-12(6-8-13)15(17)19-2/h3-10H,1-2H3. The first kappa shape index (κ1) is 14.3. The van der Waals surface area contributed by atoms with Gasteiger partial charge < -0.3 is 4.74 Å². The molecule has 0 bridgehead atoms. The molecule has 0 radical (unpaired) electrons. The number of carbonyl (C=O) groups excluding carboxylic acids is 2. The number of carbonyl (C=O) groups is 2. The molecule has 20 heavy (non-hydrogen) atoms. The Morgan fingerprint density at radius 1 is 0.900 bits per heavy atom. The minimum absolute atomic E-state index is 0.0507. The molecule has 0 aliphatic heterocycles. The van der Waals surface area contributed by atoms with Gasteiger partial charge in [0.25, 0.3) is 0 Å². The minimum Gasteiger partial charge on any atom is -0.465 e. The molecule has 0 fully saturated rings. The van der Waals surface area contributed by atoms with E-state index in [1.807, 2.05) is 31.2 Å². The van der Waals surface area contributed by atoms with Crippen LogP contribution in [0.25, 0.3) is 0 Å². The molecule has 0 heterocycles. The summed E-state index contributed by atoms with van der Waals surface area (Å²) in [5, 5.41) is -0.0507. The van der Waals surface area contributed by atoms with Crippen molar-refractivity contribution in [2.45, 2.75) is 11.8 Å². The molecule has 0 atom stereocenters. The van der Waals surface area contributed by atoms with Crippen molar-refractivity contribution in [2.75, 3.05) is 7.11 Å². The van der Waals surface area contributed by atoms with Crippen LogP contribution in [-0.4, -0.2) is 18.2 Å². The van der Waals surface area contributed by atoms with E-state index >= 15 is 0 Å². The fraction of sp³-hybridized carbons (Fsp3) is 0.125. The molecule has 0 saturated carbocycles. The molecule has 0 unspecified atom stereocenters. The third-order valence-electron chi connectivity index (χ3n) is 2.77. The van der Waals surface area contributed by atoms with Crippen LogP contribution in [0.2, 0.25) is 0 Å². The summed E-state index contributed by atoms with van der Waals surface area (Å²) in [5.74, 6) is -0.407. The molecule has 0 N–H and O–H groups in total. The molecule has 102 valence electrons. The van der Waals surface area contributed by atoms with Crippen molar-refractivity contribution in [3.8, 4) is 0 Å². The van der Waals surface area contributed by atoms with Crippen molar-refractivity contribution in [3.05, 3.63) is 65.2 Å². The van der Waals surface area contributed by atoms with Gasteiger partial charge >= 0.3 is 5.97 Å². The number of esters is 1. The first-order valence-corrected chi connectivity index (χ1v) is 6.89. The van der Waals surface area contributed by atoms with E-state index in [4.69, 9.17) is 0 Å². The SMILES string of the molecule is COC(=O)c1ccc(C(=O)Sc2ccc(C)cc2)cc1. The summed E-state index contributed by atoms with van der Waals surface area (Å²) in [6.45, 7) is 2.00. The summed E-state index contributed by atoms with van der Waals surface area (Å²) >= 11 is 1.17. The van der Waals surface area contributed by atoms with Gasteiger partial charge in [-0.05, 0) is 55.1 Å². The van der Waals surface area contributed by atoms with E-state index in [-0.39, 0.29) is 5.12 Å². The Morgan fingerprint density at radius 2 is 1.45 bits per heavy atom. The van der Waals surface area contributed by atoms with Gasteiger partial charge in [-0.3, -0.25) is 4.79 Å². The molecular formula is C16H14O3S. The maximum Gasteiger partial charge on any atom is 0.337 e. The molecular weight excluding hydrogens is 272 g/mol. The lowest BCUT2D eigenvalue weighted by Crippen LogP contribution is -2.01. The Balaban J connectivity index is 2.09. The average Bonchev–Trinajstić information content (AvgIpc) is 2.49. The lowest BCUT2D eigenvalue weighted by atomic mass is 10.1. The van der Waals surface area contributed by atoms with E-state index < -0.39 is 5.97 Å². The van der Waals surface area contributed by atoms with Crippen LogP contribution in [0.5, 0.6) is 0 Å². The Morgan fingerprint density at radius 3 is 2.00 bits per heavy atom. The van der Waals surface area contributed by atoms with Crippen LogP contribution in [0.3, 0.4) is 0 Å². The lowest BCUT2D eigenvalue weighted by molar-refractivity contribution is 0.0600. The Hall–Kier alpha value is -2.07. The van der Waals surface area contributed by atoms with E-state index in [1.54, 1.807) is 24.3 Å². The summed E-state index contributed by atoms with van der Waals surface area (Å²) in [6.07, 6.45) is 0. The quantitative estimate of drug-likeness (QED) is 0.637. The summed E-state index contributed by atoms with van der Waals surface area (Å²) in [5.41, 5.74) is 2.15. The predicted octanol–water partition coefficient (Wildman–Crippen LogP) is 3.71. The van der Waals surface area contributed by atoms with Gasteiger partial charge in [-0.25, -0.2) is 4.79 Å². The number of hydrogen-bond acceptors (Lipinski definition) is 4. The van der Waals surface area contributed by atoms with Crippen LogP contribution in [0, 0.1) is 6.92 Å². The second-order valence-electron chi connectivity index (χ2n) is 4.27. The summed E-state index contributed by atoms with van der Waals surface area (Å²) in [4.78, 5) is 24.3. The molecule has 3 nitrogen and oxygen atoms in total. The van der Waals surface area contributed by atoms with Gasteiger partial charge in [-0.2, -0.15) is 0 Å². The molecule has 0 spiro atoms. The molecule has 2 aromatic carbocycles. The summed E-state index contributed by atoms with van der Waals surface area (Å²) < 4.78 is 4.61. The second-order valence-corrected chi connectivity index (χ2v) is 5.32. The number of ether oxygens (including phenoxy) is 1. The average molecular weight is 286 g/mol. The maximum absolute atomic E-state index is 12.1. The van der Waals surface area contributed by atoms with Gasteiger partial charge in [-0.15, -0.1) is 0 Å². The highest BCUT2D eigenvalue weighted by atomic mass is 32.2. The topological polar surface area (TPSA) is 43.4 Å². The maximum atomic E-state index is 12.1. The molecule has 4 heteroatoms. The smallest absolute Gasteiger partial charge is 0.337 e. The van der Waals surface area contributed by atoms with Gasteiger partial charge in [0.2, 0.25) is 5.12 Å². The van der Waals surface area contributed by atoms with Crippen molar-refractivity contribution in [2.24, 2.45) is 0 Å². The molecule has 0 aliphatic rings. The third-order valence-corrected chi connectivity index (χ3v) is 3.70. The van der Waals surface area contributed by atoms with Crippen LogP contribution in [0.1, 0.15) is 26.3 Å². The first-order valence-electron chi connectivity index (χ1n) is 6.07. The normalized spacial score (nSPS) is 10.1. The zero-order valence-electron chi connectivity index (χ0n) is 11.3. The highest BCUT2D eigenvalue weighted by Gasteiger charge is 2.10. The van der Waals surface area contributed by atoms with Crippen LogP contribution >= 0.6 is 11.8 Å². The molecule has 0 saturated heterocycles. The van der Waals surface area contributed by atoms with E-state index in [1.165, 1.54) is 18.9 Å². The fourth-order valence-corrected chi connectivity index (χ4v) is 2.37. The molecule has 2 rings (SSSR count). The van der Waals surface area contributed by atoms with Gasteiger partial charge in [-0.1, -0.05) is 17.7 Å². The van der Waals surface area contributed by atoms with Crippen molar-refractivity contribution in [3.63, 3.8) is 0 Å².